The van der Waals surface area contributed by atoms with Crippen LogP contribution in [0.5, 0.6) is 0 Å². The molecule has 3 aromatic rings. The largest absolute Gasteiger partial charge is 0.483 e. The molecule has 0 unspecified atom stereocenters. The monoisotopic (exact) mass is 514 g/mol. The van der Waals surface area contributed by atoms with E-state index < -0.39 is 23.4 Å². The maximum atomic E-state index is 14.0. The summed E-state index contributed by atoms with van der Waals surface area (Å²) in [7, 11) is 1.68. The van der Waals surface area contributed by atoms with Gasteiger partial charge in [0.15, 0.2) is 5.76 Å². The van der Waals surface area contributed by atoms with Gasteiger partial charge in [0.05, 0.1) is 5.70 Å². The first-order valence-corrected chi connectivity index (χ1v) is 11.2. The maximum absolute atomic E-state index is 14.0. The molecule has 0 saturated heterocycles. The maximum Gasteiger partial charge on any atom is 0.422 e. The molecule has 0 radical (unpaired) electrons. The normalized spacial score (nSPS) is 14.0. The minimum Gasteiger partial charge on any atom is -0.483 e. The number of rotatable bonds is 8. The Kier molecular flexibility index (Phi) is 7.81. The highest BCUT2D eigenvalue weighted by Gasteiger charge is 2.37. The molecule has 0 aromatic heterocycles. The SMILES string of the molecule is CN1NC(OCc2ccccc2)=C(OCc2ccccc2)C=C1/C=C/c1cc(F)c(C(F)(F)F)c(F)c1. The lowest BCUT2D eigenvalue weighted by Gasteiger charge is -2.29. The van der Waals surface area contributed by atoms with Crippen LogP contribution in [-0.2, 0) is 28.9 Å². The molecule has 3 aromatic carbocycles. The molecule has 37 heavy (non-hydrogen) atoms. The Bertz CT molecular complexity index is 1300. The summed E-state index contributed by atoms with van der Waals surface area (Å²) in [5.74, 6) is -2.63. The van der Waals surface area contributed by atoms with Gasteiger partial charge in [-0.1, -0.05) is 66.7 Å². The molecule has 0 bridgehead atoms. The van der Waals surface area contributed by atoms with Crippen molar-refractivity contribution in [1.82, 2.24) is 10.4 Å². The lowest BCUT2D eigenvalue weighted by Crippen LogP contribution is -2.37. The summed E-state index contributed by atoms with van der Waals surface area (Å²) in [5, 5.41) is 1.59. The lowest BCUT2D eigenvalue weighted by molar-refractivity contribution is -0.142. The van der Waals surface area contributed by atoms with E-state index in [1.54, 1.807) is 18.1 Å². The van der Waals surface area contributed by atoms with E-state index in [1.807, 2.05) is 60.7 Å². The molecule has 4 rings (SSSR count). The quantitative estimate of drug-likeness (QED) is 0.331. The lowest BCUT2D eigenvalue weighted by atomic mass is 10.1. The molecule has 1 aliphatic heterocycles. The number of likely N-dealkylation sites (N-methyl/N-ethyl adjacent to an activating group) is 1. The van der Waals surface area contributed by atoms with Crippen molar-refractivity contribution in [2.24, 2.45) is 0 Å². The molecule has 0 amide bonds. The van der Waals surface area contributed by atoms with Crippen LogP contribution in [-0.4, -0.2) is 12.1 Å². The molecule has 0 atom stereocenters. The fraction of sp³-hybridized carbons (Fsp3) is 0.143. The molecule has 192 valence electrons. The third kappa shape index (κ3) is 6.69. The van der Waals surface area contributed by atoms with Crippen molar-refractivity contribution in [1.29, 1.82) is 0 Å². The molecule has 1 aliphatic rings. The average molecular weight is 514 g/mol. The van der Waals surface area contributed by atoms with E-state index in [0.29, 0.717) is 29.5 Å². The summed E-state index contributed by atoms with van der Waals surface area (Å²) in [6.07, 6.45) is -0.666. The number of allylic oxidation sites excluding steroid dienone is 2. The molecule has 1 heterocycles. The number of halogens is 5. The van der Waals surface area contributed by atoms with Gasteiger partial charge in [0.2, 0.25) is 5.88 Å². The summed E-state index contributed by atoms with van der Waals surface area (Å²) in [6, 6.07) is 20.3. The first-order valence-electron chi connectivity index (χ1n) is 11.2. The van der Waals surface area contributed by atoms with E-state index in [0.717, 1.165) is 11.1 Å². The zero-order chi connectivity index (χ0) is 26.4. The van der Waals surface area contributed by atoms with Crippen LogP contribution in [0.1, 0.15) is 22.3 Å². The third-order valence-corrected chi connectivity index (χ3v) is 5.42. The van der Waals surface area contributed by atoms with Gasteiger partial charge in [0, 0.05) is 13.1 Å². The van der Waals surface area contributed by atoms with Crippen LogP contribution in [0, 0.1) is 11.6 Å². The number of hydrazine groups is 1. The molecule has 1 N–H and O–H groups in total. The summed E-state index contributed by atoms with van der Waals surface area (Å²) in [5.41, 5.74) is 3.46. The Morgan fingerprint density at radius 1 is 0.811 bits per heavy atom. The molecule has 9 heteroatoms. The molecule has 0 spiro atoms. The topological polar surface area (TPSA) is 33.7 Å². The number of benzene rings is 3. The van der Waals surface area contributed by atoms with Crippen LogP contribution < -0.4 is 5.43 Å². The van der Waals surface area contributed by atoms with E-state index in [-0.39, 0.29) is 18.8 Å². The third-order valence-electron chi connectivity index (χ3n) is 5.42. The number of alkyl halides is 3. The minimum absolute atomic E-state index is 0.0702. The van der Waals surface area contributed by atoms with Gasteiger partial charge in [0.25, 0.3) is 0 Å². The van der Waals surface area contributed by atoms with Gasteiger partial charge in [-0.05, 0) is 34.9 Å². The fourth-order valence-electron chi connectivity index (χ4n) is 3.55. The molecule has 0 aliphatic carbocycles. The summed E-state index contributed by atoms with van der Waals surface area (Å²) in [4.78, 5) is 0. The Hall–Kier alpha value is -4.27. The number of hydrogen-bond acceptors (Lipinski definition) is 4. The predicted octanol–water partition coefficient (Wildman–Crippen LogP) is 6.93. The summed E-state index contributed by atoms with van der Waals surface area (Å²) in [6.45, 7) is 0.529. The summed E-state index contributed by atoms with van der Waals surface area (Å²) >= 11 is 0. The van der Waals surface area contributed by atoms with Crippen LogP contribution in [0.15, 0.2) is 102 Å². The number of hydrogen-bond donors (Lipinski definition) is 1. The predicted molar refractivity (Wildman–Crippen MR) is 129 cm³/mol. The van der Waals surface area contributed by atoms with Gasteiger partial charge in [-0.2, -0.15) is 13.2 Å². The zero-order valence-corrected chi connectivity index (χ0v) is 19.7. The van der Waals surface area contributed by atoms with Crippen LogP contribution in [0.3, 0.4) is 0 Å². The van der Waals surface area contributed by atoms with Gasteiger partial charge in [0.1, 0.15) is 30.4 Å². The van der Waals surface area contributed by atoms with Crippen molar-refractivity contribution in [3.8, 4) is 0 Å². The van der Waals surface area contributed by atoms with E-state index in [9.17, 15) is 22.0 Å². The van der Waals surface area contributed by atoms with Gasteiger partial charge in [-0.3, -0.25) is 10.4 Å². The van der Waals surface area contributed by atoms with Crippen molar-refractivity contribution < 1.29 is 31.4 Å². The molecule has 0 saturated carbocycles. The molecular formula is C28H23F5N2O2. The van der Waals surface area contributed by atoms with Crippen molar-refractivity contribution in [3.05, 3.63) is 136 Å². The number of nitrogens with one attached hydrogen (secondary N) is 1. The minimum atomic E-state index is -5.13. The molecule has 0 fully saturated rings. The average Bonchev–Trinajstić information content (AvgIpc) is 2.86. The number of ether oxygens (including phenoxy) is 2. The highest BCUT2D eigenvalue weighted by Crippen LogP contribution is 2.34. The smallest absolute Gasteiger partial charge is 0.422 e. The van der Waals surface area contributed by atoms with E-state index in [1.165, 1.54) is 12.2 Å². The summed E-state index contributed by atoms with van der Waals surface area (Å²) < 4.78 is 78.5. The van der Waals surface area contributed by atoms with Gasteiger partial charge < -0.3 is 9.47 Å². The van der Waals surface area contributed by atoms with Crippen molar-refractivity contribution >= 4 is 6.08 Å². The van der Waals surface area contributed by atoms with Crippen molar-refractivity contribution in [2.75, 3.05) is 7.05 Å². The van der Waals surface area contributed by atoms with Crippen LogP contribution in [0.25, 0.3) is 6.08 Å². The first kappa shape index (κ1) is 25.8. The molecular weight excluding hydrogens is 491 g/mol. The Morgan fingerprint density at radius 3 is 1.89 bits per heavy atom. The van der Waals surface area contributed by atoms with Crippen molar-refractivity contribution in [3.63, 3.8) is 0 Å². The Balaban J connectivity index is 1.59. The highest BCUT2D eigenvalue weighted by atomic mass is 19.4. The van der Waals surface area contributed by atoms with Crippen LogP contribution >= 0.6 is 0 Å². The zero-order valence-electron chi connectivity index (χ0n) is 19.7. The number of nitrogens with zero attached hydrogens (tertiary/aromatic N) is 1. The second-order valence-corrected chi connectivity index (χ2v) is 8.17. The van der Waals surface area contributed by atoms with Crippen molar-refractivity contribution in [2.45, 2.75) is 19.4 Å². The second-order valence-electron chi connectivity index (χ2n) is 8.17. The Labute approximate surface area is 210 Å². The van der Waals surface area contributed by atoms with Crippen LogP contribution in [0.4, 0.5) is 22.0 Å². The van der Waals surface area contributed by atoms with Gasteiger partial charge in [-0.15, -0.1) is 0 Å². The fourth-order valence-corrected chi connectivity index (χ4v) is 3.55. The first-order chi connectivity index (χ1) is 17.7. The molecule has 4 nitrogen and oxygen atoms in total. The van der Waals surface area contributed by atoms with E-state index >= 15 is 0 Å². The standard InChI is InChI=1S/C28H23F5N2O2/c1-35-22(13-12-21-14-23(29)26(24(30)15-21)28(31,32)33)16-25(36-17-19-8-4-2-5-9-19)27(34-35)37-18-20-10-6-3-7-11-20/h2-16,34H,17-18H2,1H3/b13-12+. The van der Waals surface area contributed by atoms with Crippen LogP contribution in [0.2, 0.25) is 0 Å². The van der Waals surface area contributed by atoms with Gasteiger partial charge in [-0.25, -0.2) is 8.78 Å². The van der Waals surface area contributed by atoms with E-state index in [4.69, 9.17) is 9.47 Å². The highest BCUT2D eigenvalue weighted by molar-refractivity contribution is 5.54. The van der Waals surface area contributed by atoms with E-state index in [2.05, 4.69) is 5.43 Å². The Morgan fingerprint density at radius 2 is 1.35 bits per heavy atom. The second kappa shape index (κ2) is 11.2. The van der Waals surface area contributed by atoms with Gasteiger partial charge >= 0.3 is 6.18 Å².